The van der Waals surface area contributed by atoms with Gasteiger partial charge in [0.2, 0.25) is 5.91 Å². The summed E-state index contributed by atoms with van der Waals surface area (Å²) in [7, 11) is 5.59. The van der Waals surface area contributed by atoms with E-state index in [4.69, 9.17) is 0 Å². The van der Waals surface area contributed by atoms with Gasteiger partial charge in [-0.2, -0.15) is 0 Å². The Morgan fingerprint density at radius 3 is 2.75 bits per heavy atom. The summed E-state index contributed by atoms with van der Waals surface area (Å²) in [6.45, 7) is 2.70. The third-order valence-electron chi connectivity index (χ3n) is 2.24. The van der Waals surface area contributed by atoms with Crippen molar-refractivity contribution in [2.45, 2.75) is 6.04 Å². The van der Waals surface area contributed by atoms with Crippen LogP contribution in [-0.4, -0.2) is 62.5 Å². The molecule has 0 aromatic carbocycles. The van der Waals surface area contributed by atoms with E-state index in [0.717, 1.165) is 19.6 Å². The highest BCUT2D eigenvalue weighted by molar-refractivity contribution is 5.81. The molecule has 1 aliphatic rings. The monoisotopic (exact) mass is 171 g/mol. The first-order valence-electron chi connectivity index (χ1n) is 4.25. The van der Waals surface area contributed by atoms with E-state index in [1.807, 2.05) is 7.05 Å². The molecule has 0 radical (unpaired) electrons. The average molecular weight is 171 g/mol. The molecule has 1 atom stereocenters. The van der Waals surface area contributed by atoms with E-state index in [0.29, 0.717) is 0 Å². The first-order chi connectivity index (χ1) is 5.63. The van der Waals surface area contributed by atoms with Gasteiger partial charge in [0, 0.05) is 33.7 Å². The Morgan fingerprint density at radius 1 is 1.58 bits per heavy atom. The Bertz CT molecular complexity index is 170. The highest BCUT2D eigenvalue weighted by Crippen LogP contribution is 2.01. The molecule has 70 valence electrons. The van der Waals surface area contributed by atoms with E-state index >= 15 is 0 Å². The van der Waals surface area contributed by atoms with Gasteiger partial charge in [-0.3, -0.25) is 9.69 Å². The van der Waals surface area contributed by atoms with Gasteiger partial charge >= 0.3 is 0 Å². The molecule has 0 aliphatic carbocycles. The number of hydrogen-bond acceptors (Lipinski definition) is 3. The summed E-state index contributed by atoms with van der Waals surface area (Å²) in [6.07, 6.45) is 0. The lowest BCUT2D eigenvalue weighted by Gasteiger charge is -2.33. The molecule has 0 bridgehead atoms. The van der Waals surface area contributed by atoms with Crippen LogP contribution in [0.1, 0.15) is 0 Å². The van der Waals surface area contributed by atoms with Gasteiger partial charge in [0.05, 0.1) is 0 Å². The Labute approximate surface area is 73.5 Å². The van der Waals surface area contributed by atoms with Crippen molar-refractivity contribution in [3.8, 4) is 0 Å². The molecule has 1 heterocycles. The maximum atomic E-state index is 11.6. The Morgan fingerprint density at radius 2 is 2.25 bits per heavy atom. The van der Waals surface area contributed by atoms with Crippen LogP contribution in [0.15, 0.2) is 0 Å². The molecule has 1 fully saturated rings. The van der Waals surface area contributed by atoms with Crippen LogP contribution in [0, 0.1) is 0 Å². The van der Waals surface area contributed by atoms with Crippen molar-refractivity contribution >= 4 is 5.91 Å². The van der Waals surface area contributed by atoms with Gasteiger partial charge in [-0.15, -0.1) is 0 Å². The number of hydrogen-bond donors (Lipinski definition) is 1. The van der Waals surface area contributed by atoms with Crippen LogP contribution in [0.3, 0.4) is 0 Å². The quantitative estimate of drug-likeness (QED) is 0.548. The number of nitrogens with zero attached hydrogens (tertiary/aromatic N) is 2. The second kappa shape index (κ2) is 3.87. The number of carbonyl (C=O) groups excluding carboxylic acids is 1. The summed E-state index contributed by atoms with van der Waals surface area (Å²) in [5.41, 5.74) is 0. The zero-order valence-corrected chi connectivity index (χ0v) is 8.00. The van der Waals surface area contributed by atoms with E-state index in [1.165, 1.54) is 0 Å². The molecule has 1 N–H and O–H groups in total. The zero-order valence-electron chi connectivity index (χ0n) is 8.00. The minimum absolute atomic E-state index is 0.0220. The standard InChI is InChI=1S/C8H17N3O/c1-10(2)8(12)7-6-9-4-5-11(7)3/h7,9H,4-6H2,1-3H3/t7-/m1/s1. The lowest BCUT2D eigenvalue weighted by atomic mass is 10.2. The number of carbonyl (C=O) groups is 1. The molecule has 0 aromatic heterocycles. The van der Waals surface area contributed by atoms with Crippen LogP contribution in [-0.2, 0) is 4.79 Å². The first kappa shape index (κ1) is 9.48. The number of nitrogens with one attached hydrogen (secondary N) is 1. The smallest absolute Gasteiger partial charge is 0.240 e. The summed E-state index contributed by atoms with van der Waals surface area (Å²) in [5, 5.41) is 3.21. The maximum Gasteiger partial charge on any atom is 0.240 e. The van der Waals surface area contributed by atoms with Crippen LogP contribution in [0.25, 0.3) is 0 Å². The van der Waals surface area contributed by atoms with E-state index in [9.17, 15) is 4.79 Å². The molecule has 12 heavy (non-hydrogen) atoms. The molecule has 0 spiro atoms. The van der Waals surface area contributed by atoms with Crippen molar-refractivity contribution < 1.29 is 4.79 Å². The molecule has 0 unspecified atom stereocenters. The van der Waals surface area contributed by atoms with Crippen LogP contribution in [0.4, 0.5) is 0 Å². The Hall–Kier alpha value is -0.610. The van der Waals surface area contributed by atoms with Gasteiger partial charge in [0.25, 0.3) is 0 Å². The summed E-state index contributed by atoms with van der Waals surface area (Å²) in [5.74, 6) is 0.185. The van der Waals surface area contributed by atoms with Crippen LogP contribution in [0.2, 0.25) is 0 Å². The summed E-state index contributed by atoms with van der Waals surface area (Å²) in [6, 6.07) is 0.0220. The third kappa shape index (κ3) is 1.95. The second-order valence-corrected chi connectivity index (χ2v) is 3.43. The van der Waals surface area contributed by atoms with Gasteiger partial charge < -0.3 is 10.2 Å². The minimum Gasteiger partial charge on any atom is -0.347 e. The minimum atomic E-state index is 0.0220. The van der Waals surface area contributed by atoms with Gasteiger partial charge in [-0.1, -0.05) is 0 Å². The summed E-state index contributed by atoms with van der Waals surface area (Å²) < 4.78 is 0. The second-order valence-electron chi connectivity index (χ2n) is 3.43. The van der Waals surface area contributed by atoms with E-state index in [2.05, 4.69) is 10.2 Å². The van der Waals surface area contributed by atoms with E-state index < -0.39 is 0 Å². The largest absolute Gasteiger partial charge is 0.347 e. The highest BCUT2D eigenvalue weighted by atomic mass is 16.2. The molecule has 0 saturated carbocycles. The molecular weight excluding hydrogens is 154 g/mol. The number of likely N-dealkylation sites (N-methyl/N-ethyl adjacent to an activating group) is 2. The molecule has 4 nitrogen and oxygen atoms in total. The van der Waals surface area contributed by atoms with E-state index in [1.54, 1.807) is 19.0 Å². The van der Waals surface area contributed by atoms with Crippen LogP contribution >= 0.6 is 0 Å². The Kier molecular flexibility index (Phi) is 3.05. The van der Waals surface area contributed by atoms with Crippen molar-refractivity contribution in [1.82, 2.24) is 15.1 Å². The molecular formula is C8H17N3O. The number of amides is 1. The van der Waals surface area contributed by atoms with Crippen molar-refractivity contribution in [2.75, 3.05) is 40.8 Å². The predicted octanol–water partition coefficient (Wildman–Crippen LogP) is -1.02. The van der Waals surface area contributed by atoms with Crippen molar-refractivity contribution in [1.29, 1.82) is 0 Å². The lowest BCUT2D eigenvalue weighted by molar-refractivity contribution is -0.134. The third-order valence-corrected chi connectivity index (χ3v) is 2.24. The fraction of sp³-hybridized carbons (Fsp3) is 0.875. The fourth-order valence-electron chi connectivity index (χ4n) is 1.38. The summed E-state index contributed by atoms with van der Waals surface area (Å²) >= 11 is 0. The predicted molar refractivity (Wildman–Crippen MR) is 48.0 cm³/mol. The fourth-order valence-corrected chi connectivity index (χ4v) is 1.38. The molecule has 4 heteroatoms. The molecule has 1 rings (SSSR count). The van der Waals surface area contributed by atoms with Crippen LogP contribution in [0.5, 0.6) is 0 Å². The molecule has 1 saturated heterocycles. The first-order valence-corrected chi connectivity index (χ1v) is 4.25. The van der Waals surface area contributed by atoms with Crippen molar-refractivity contribution in [3.63, 3.8) is 0 Å². The van der Waals surface area contributed by atoms with Gasteiger partial charge in [-0.05, 0) is 7.05 Å². The van der Waals surface area contributed by atoms with Crippen molar-refractivity contribution in [2.24, 2.45) is 0 Å². The zero-order chi connectivity index (χ0) is 9.14. The molecule has 1 aliphatic heterocycles. The highest BCUT2D eigenvalue weighted by Gasteiger charge is 2.26. The van der Waals surface area contributed by atoms with E-state index in [-0.39, 0.29) is 11.9 Å². The van der Waals surface area contributed by atoms with Gasteiger partial charge in [-0.25, -0.2) is 0 Å². The topological polar surface area (TPSA) is 35.6 Å². The summed E-state index contributed by atoms with van der Waals surface area (Å²) in [4.78, 5) is 15.3. The maximum absolute atomic E-state index is 11.6. The van der Waals surface area contributed by atoms with Gasteiger partial charge in [0.1, 0.15) is 6.04 Å². The van der Waals surface area contributed by atoms with Crippen LogP contribution < -0.4 is 5.32 Å². The Balaban J connectivity index is 2.53. The average Bonchev–Trinajstić information content (AvgIpc) is 2.04. The molecule has 1 amide bonds. The normalized spacial score (nSPS) is 25.4. The molecule has 0 aromatic rings. The number of rotatable bonds is 1. The number of piperazine rings is 1. The SMILES string of the molecule is CN(C)C(=O)[C@H]1CNCCN1C. The van der Waals surface area contributed by atoms with Gasteiger partial charge in [0.15, 0.2) is 0 Å². The van der Waals surface area contributed by atoms with Crippen molar-refractivity contribution in [3.05, 3.63) is 0 Å². The lowest BCUT2D eigenvalue weighted by Crippen LogP contribution is -2.55.